The smallest absolute Gasteiger partial charge is 0.458 e. The van der Waals surface area contributed by atoms with E-state index in [-0.39, 0.29) is 5.97 Å². The first-order chi connectivity index (χ1) is 17.2. The maximum absolute atomic E-state index is 13.0. The number of esters is 1. The molecule has 0 spiro atoms. The van der Waals surface area contributed by atoms with Crippen LogP contribution in [0.25, 0.3) is 22.4 Å². The summed E-state index contributed by atoms with van der Waals surface area (Å²) in [5.41, 5.74) is 5.54. The largest absolute Gasteiger partial charge is 0.673 e. The van der Waals surface area contributed by atoms with Crippen LogP contribution in [0.3, 0.4) is 0 Å². The van der Waals surface area contributed by atoms with Crippen molar-refractivity contribution in [3.05, 3.63) is 113 Å². The molecule has 0 aliphatic heterocycles. The summed E-state index contributed by atoms with van der Waals surface area (Å²) in [6.45, 7) is 2.65. The lowest BCUT2D eigenvalue weighted by Crippen LogP contribution is -2.43. The lowest BCUT2D eigenvalue weighted by molar-refractivity contribution is -0.679. The number of halogens is 5. The molecule has 4 aromatic rings. The molecule has 1 aromatic heterocycles. The van der Waals surface area contributed by atoms with E-state index in [1.54, 1.807) is 0 Å². The van der Waals surface area contributed by atoms with Gasteiger partial charge in [0.25, 0.3) is 5.69 Å². The number of benzene rings is 3. The summed E-state index contributed by atoms with van der Waals surface area (Å²) >= 11 is 6.07. The van der Waals surface area contributed by atoms with E-state index in [1.165, 1.54) is 0 Å². The van der Waals surface area contributed by atoms with Crippen LogP contribution in [-0.2, 0) is 11.3 Å². The third kappa shape index (κ3) is 7.95. The van der Waals surface area contributed by atoms with Crippen molar-refractivity contribution in [1.82, 2.24) is 0 Å². The van der Waals surface area contributed by atoms with Crippen LogP contribution in [0.5, 0.6) is 0 Å². The Balaban J connectivity index is 0.000000658. The van der Waals surface area contributed by atoms with E-state index in [2.05, 4.69) is 18.2 Å². The zero-order valence-electron chi connectivity index (χ0n) is 19.4. The third-order valence-corrected chi connectivity index (χ3v) is 5.33. The minimum Gasteiger partial charge on any atom is -0.458 e. The third-order valence-electron chi connectivity index (χ3n) is 5.08. The molecule has 3 nitrogen and oxygen atoms in total. The molecule has 0 amide bonds. The molecular formula is C27H23BClF4NO2. The normalized spacial score (nSPS) is 10.8. The van der Waals surface area contributed by atoms with Crippen LogP contribution in [0.15, 0.2) is 97.1 Å². The molecular weight excluding hydrogens is 493 g/mol. The highest BCUT2D eigenvalue weighted by Gasteiger charge is 2.27. The fourth-order valence-electron chi connectivity index (χ4n) is 3.58. The van der Waals surface area contributed by atoms with Crippen molar-refractivity contribution in [2.24, 2.45) is 0 Å². The van der Waals surface area contributed by atoms with Gasteiger partial charge in [0.2, 0.25) is 5.69 Å². The Morgan fingerprint density at radius 1 is 0.806 bits per heavy atom. The molecule has 0 bridgehead atoms. The van der Waals surface area contributed by atoms with Crippen LogP contribution < -0.4 is 4.57 Å². The van der Waals surface area contributed by atoms with Crippen LogP contribution in [0.4, 0.5) is 17.3 Å². The summed E-state index contributed by atoms with van der Waals surface area (Å²) in [7, 11) is -6.00. The standard InChI is InChI=1S/C27H23ClNO2.BF4/c1-2-31-27(30)26-18-23(21-9-5-3-6-10-21)17-25(22-11-7-4-8-12-22)29(26)19-20-13-15-24(28)16-14-20;2-1(3,4)5/h3-18H,2,19H2,1H3;/q+1;-1. The first-order valence-corrected chi connectivity index (χ1v) is 11.5. The summed E-state index contributed by atoms with van der Waals surface area (Å²) in [4.78, 5) is 13.0. The monoisotopic (exact) mass is 515 g/mol. The topological polar surface area (TPSA) is 30.2 Å². The van der Waals surface area contributed by atoms with E-state index in [0.717, 1.165) is 27.9 Å². The van der Waals surface area contributed by atoms with Gasteiger partial charge in [0.05, 0.1) is 6.61 Å². The number of rotatable bonds is 6. The van der Waals surface area contributed by atoms with Crippen molar-refractivity contribution >= 4 is 24.8 Å². The lowest BCUT2D eigenvalue weighted by atomic mass is 10.0. The van der Waals surface area contributed by atoms with Gasteiger partial charge in [-0.25, -0.2) is 4.79 Å². The number of pyridine rings is 1. The number of ether oxygens (including phenoxy) is 1. The summed E-state index contributed by atoms with van der Waals surface area (Å²) in [5, 5.41) is 0.682. The van der Waals surface area contributed by atoms with Gasteiger partial charge in [-0.2, -0.15) is 4.57 Å². The molecule has 0 radical (unpaired) electrons. The van der Waals surface area contributed by atoms with Gasteiger partial charge in [-0.3, -0.25) is 0 Å². The molecule has 0 aliphatic rings. The number of carbonyl (C=O) groups excluding carboxylic acids is 1. The van der Waals surface area contributed by atoms with Crippen molar-refractivity contribution in [2.45, 2.75) is 13.5 Å². The number of hydrogen-bond acceptors (Lipinski definition) is 2. The Bertz CT molecular complexity index is 1280. The molecule has 0 N–H and O–H groups in total. The number of hydrogen-bond donors (Lipinski definition) is 0. The molecule has 0 saturated heterocycles. The average Bonchev–Trinajstić information content (AvgIpc) is 2.85. The molecule has 36 heavy (non-hydrogen) atoms. The number of nitrogens with zero attached hydrogens (tertiary/aromatic N) is 1. The van der Waals surface area contributed by atoms with E-state index < -0.39 is 7.25 Å². The minimum atomic E-state index is -6.00. The fraction of sp³-hybridized carbons (Fsp3) is 0.111. The van der Waals surface area contributed by atoms with Crippen LogP contribution in [0.2, 0.25) is 5.02 Å². The highest BCUT2D eigenvalue weighted by atomic mass is 35.5. The predicted molar refractivity (Wildman–Crippen MR) is 134 cm³/mol. The molecule has 0 aliphatic carbocycles. The van der Waals surface area contributed by atoms with E-state index in [1.807, 2.05) is 90.4 Å². The quantitative estimate of drug-likeness (QED) is 0.115. The van der Waals surface area contributed by atoms with Gasteiger partial charge in [-0.1, -0.05) is 72.3 Å². The second-order valence-electron chi connectivity index (χ2n) is 7.67. The number of carbonyl (C=O) groups is 1. The van der Waals surface area contributed by atoms with Gasteiger partial charge < -0.3 is 22.0 Å². The molecule has 1 heterocycles. The van der Waals surface area contributed by atoms with Crippen molar-refractivity contribution < 1.29 is 31.4 Å². The van der Waals surface area contributed by atoms with Crippen molar-refractivity contribution in [1.29, 1.82) is 0 Å². The van der Waals surface area contributed by atoms with Gasteiger partial charge in [-0.05, 0) is 42.3 Å². The van der Waals surface area contributed by atoms with E-state index in [9.17, 15) is 22.1 Å². The Labute approximate surface area is 212 Å². The van der Waals surface area contributed by atoms with Crippen molar-refractivity contribution in [3.8, 4) is 22.4 Å². The highest BCUT2D eigenvalue weighted by molar-refractivity contribution is 6.50. The zero-order valence-corrected chi connectivity index (χ0v) is 20.1. The van der Waals surface area contributed by atoms with E-state index >= 15 is 0 Å². The first-order valence-electron chi connectivity index (χ1n) is 11.1. The Kier molecular flexibility index (Phi) is 9.25. The van der Waals surface area contributed by atoms with Gasteiger partial charge in [-0.15, -0.1) is 0 Å². The van der Waals surface area contributed by atoms with Crippen molar-refractivity contribution in [3.63, 3.8) is 0 Å². The van der Waals surface area contributed by atoms with Crippen molar-refractivity contribution in [2.75, 3.05) is 6.61 Å². The second kappa shape index (κ2) is 12.4. The lowest BCUT2D eigenvalue weighted by Gasteiger charge is -2.12. The van der Waals surface area contributed by atoms with E-state index in [4.69, 9.17) is 16.3 Å². The first kappa shape index (κ1) is 27.0. The molecule has 0 unspecified atom stereocenters. The SMILES string of the molecule is CCOC(=O)c1cc(-c2ccccc2)cc(-c2ccccc2)[n+]1Cc1ccc(Cl)cc1.F[B-](F)(F)F. The molecule has 4 rings (SSSR count). The van der Waals surface area contributed by atoms with Crippen LogP contribution in [-0.4, -0.2) is 19.8 Å². The fourth-order valence-corrected chi connectivity index (χ4v) is 3.71. The maximum Gasteiger partial charge on any atom is 0.673 e. The Hall–Kier alpha value is -3.65. The Morgan fingerprint density at radius 3 is 1.86 bits per heavy atom. The molecule has 9 heteroatoms. The average molecular weight is 516 g/mol. The van der Waals surface area contributed by atoms with Gasteiger partial charge in [0.15, 0.2) is 6.54 Å². The molecule has 0 saturated carbocycles. The predicted octanol–water partition coefficient (Wildman–Crippen LogP) is 7.49. The molecule has 0 fully saturated rings. The Morgan fingerprint density at radius 2 is 1.33 bits per heavy atom. The van der Waals surface area contributed by atoms with Gasteiger partial charge in [0.1, 0.15) is 0 Å². The van der Waals surface area contributed by atoms with Gasteiger partial charge in [0, 0.05) is 28.3 Å². The zero-order chi connectivity index (χ0) is 26.1. The van der Waals surface area contributed by atoms with Crippen LogP contribution in [0, 0.1) is 0 Å². The summed E-state index contributed by atoms with van der Waals surface area (Å²) in [5.74, 6) is -0.341. The molecule has 186 valence electrons. The molecule has 3 aromatic carbocycles. The highest BCUT2D eigenvalue weighted by Crippen LogP contribution is 2.26. The van der Waals surface area contributed by atoms with Crippen LogP contribution >= 0.6 is 11.6 Å². The minimum absolute atomic E-state index is 0.315. The van der Waals surface area contributed by atoms with Crippen LogP contribution in [0.1, 0.15) is 23.0 Å². The summed E-state index contributed by atoms with van der Waals surface area (Å²) in [6, 6.07) is 31.9. The van der Waals surface area contributed by atoms with E-state index in [0.29, 0.717) is 23.9 Å². The number of aromatic nitrogens is 1. The maximum atomic E-state index is 13.0. The second-order valence-corrected chi connectivity index (χ2v) is 8.11. The summed E-state index contributed by atoms with van der Waals surface area (Å²) in [6.07, 6.45) is 0. The van der Waals surface area contributed by atoms with Gasteiger partial charge >= 0.3 is 13.2 Å². The molecule has 0 atom stereocenters. The summed E-state index contributed by atoms with van der Waals surface area (Å²) < 4.78 is 46.4.